The van der Waals surface area contributed by atoms with Gasteiger partial charge >= 0.3 is 11.9 Å². The molecule has 264 valence electrons. The predicted molar refractivity (Wildman–Crippen MR) is 192 cm³/mol. The summed E-state index contributed by atoms with van der Waals surface area (Å²) in [5.41, 5.74) is 0. The fourth-order valence-electron chi connectivity index (χ4n) is 5.48. The summed E-state index contributed by atoms with van der Waals surface area (Å²) in [4.78, 5) is 22.5. The van der Waals surface area contributed by atoms with Gasteiger partial charge in [0.2, 0.25) is 0 Å². The molecule has 0 unspecified atom stereocenters. The Morgan fingerprint density at radius 3 is 0.864 bits per heavy atom. The van der Waals surface area contributed by atoms with Crippen molar-refractivity contribution in [3.05, 3.63) is 0 Å². The highest BCUT2D eigenvalue weighted by Gasteiger charge is 2.03. The maximum absolute atomic E-state index is 11.7. The van der Waals surface area contributed by atoms with Crippen molar-refractivity contribution in [1.29, 1.82) is 0 Å². The summed E-state index contributed by atoms with van der Waals surface area (Å²) >= 11 is 0. The monoisotopic (exact) mass is 625 g/mol. The third kappa shape index (κ3) is 43.1. The van der Waals surface area contributed by atoms with E-state index >= 15 is 0 Å². The first-order valence-electron chi connectivity index (χ1n) is 19.9. The van der Waals surface area contributed by atoms with E-state index in [0.717, 1.165) is 19.3 Å². The minimum atomic E-state index is -0.0675. The van der Waals surface area contributed by atoms with Gasteiger partial charge in [0.05, 0.1) is 13.2 Å². The third-order valence-corrected chi connectivity index (χ3v) is 8.55. The van der Waals surface area contributed by atoms with Crippen molar-refractivity contribution in [1.82, 2.24) is 0 Å². The SMILES string of the molecule is CCCCCCCCCCCCCOC(=O)CC.CCCCCCCCCCCCCOC(=O)CCCCCCCCCC. The molecule has 0 spiro atoms. The van der Waals surface area contributed by atoms with Gasteiger partial charge in [0.25, 0.3) is 0 Å². The quantitative estimate of drug-likeness (QED) is 0.0528. The first-order valence-corrected chi connectivity index (χ1v) is 19.9. The topological polar surface area (TPSA) is 52.6 Å². The van der Waals surface area contributed by atoms with Crippen molar-refractivity contribution in [3.8, 4) is 0 Å². The Hall–Kier alpha value is -1.06. The Balaban J connectivity index is 0. The first kappa shape index (κ1) is 45.1. The molecule has 0 aromatic carbocycles. The Bertz CT molecular complexity index is 547. The van der Waals surface area contributed by atoms with Gasteiger partial charge in [0, 0.05) is 12.8 Å². The number of unbranched alkanes of at least 4 members (excludes halogenated alkanes) is 27. The summed E-state index contributed by atoms with van der Waals surface area (Å²) in [5.74, 6) is -0.0508. The van der Waals surface area contributed by atoms with Gasteiger partial charge in [-0.3, -0.25) is 9.59 Å². The largest absolute Gasteiger partial charge is 0.466 e. The van der Waals surface area contributed by atoms with E-state index in [4.69, 9.17) is 9.47 Å². The van der Waals surface area contributed by atoms with Crippen molar-refractivity contribution < 1.29 is 19.1 Å². The fourth-order valence-corrected chi connectivity index (χ4v) is 5.48. The Kier molecular flexibility index (Phi) is 43.0. The lowest BCUT2D eigenvalue weighted by Crippen LogP contribution is -2.05. The predicted octanol–water partition coefficient (Wildman–Crippen LogP) is 13.6. The van der Waals surface area contributed by atoms with Crippen LogP contribution in [0.15, 0.2) is 0 Å². The van der Waals surface area contributed by atoms with Gasteiger partial charge in [-0.05, 0) is 19.3 Å². The molecule has 0 atom stereocenters. The maximum atomic E-state index is 11.7. The second-order valence-corrected chi connectivity index (χ2v) is 13.1. The highest BCUT2D eigenvalue weighted by Crippen LogP contribution is 2.13. The molecule has 44 heavy (non-hydrogen) atoms. The number of carbonyl (C=O) groups excluding carboxylic acids is 2. The minimum absolute atomic E-state index is 0.0167. The molecule has 0 amide bonds. The zero-order valence-electron chi connectivity index (χ0n) is 30.7. The molecule has 0 aliphatic rings. The van der Waals surface area contributed by atoms with Gasteiger partial charge < -0.3 is 9.47 Å². The Morgan fingerprint density at radius 1 is 0.318 bits per heavy atom. The van der Waals surface area contributed by atoms with E-state index in [9.17, 15) is 9.59 Å². The number of ether oxygens (including phenoxy) is 2. The van der Waals surface area contributed by atoms with Crippen LogP contribution in [0.1, 0.15) is 233 Å². The van der Waals surface area contributed by atoms with E-state index in [2.05, 4.69) is 20.8 Å². The zero-order chi connectivity index (χ0) is 32.6. The van der Waals surface area contributed by atoms with Gasteiger partial charge in [-0.1, -0.05) is 201 Å². The van der Waals surface area contributed by atoms with Crippen molar-refractivity contribution in [2.24, 2.45) is 0 Å². The normalized spacial score (nSPS) is 10.8. The minimum Gasteiger partial charge on any atom is -0.466 e. The highest BCUT2D eigenvalue weighted by molar-refractivity contribution is 5.69. The van der Waals surface area contributed by atoms with E-state index < -0.39 is 0 Å². The molecule has 0 aromatic rings. The van der Waals surface area contributed by atoms with Gasteiger partial charge in [-0.25, -0.2) is 0 Å². The highest BCUT2D eigenvalue weighted by atomic mass is 16.5. The third-order valence-electron chi connectivity index (χ3n) is 8.55. The number of carbonyl (C=O) groups is 2. The van der Waals surface area contributed by atoms with Crippen molar-refractivity contribution in [2.75, 3.05) is 13.2 Å². The summed E-state index contributed by atoms with van der Waals surface area (Å²) in [7, 11) is 0. The lowest BCUT2D eigenvalue weighted by molar-refractivity contribution is -0.144. The van der Waals surface area contributed by atoms with E-state index in [1.165, 1.54) is 173 Å². The fraction of sp³-hybridized carbons (Fsp3) is 0.950. The number of esters is 2. The van der Waals surface area contributed by atoms with Crippen molar-refractivity contribution in [2.45, 2.75) is 233 Å². The van der Waals surface area contributed by atoms with Crippen LogP contribution in [0.5, 0.6) is 0 Å². The Morgan fingerprint density at radius 2 is 0.568 bits per heavy atom. The molecule has 0 fully saturated rings. The second kappa shape index (κ2) is 41.9. The van der Waals surface area contributed by atoms with Crippen LogP contribution in [0.25, 0.3) is 0 Å². The van der Waals surface area contributed by atoms with Crippen LogP contribution in [0.4, 0.5) is 0 Å². The van der Waals surface area contributed by atoms with E-state index in [1.54, 1.807) is 0 Å². The number of hydrogen-bond donors (Lipinski definition) is 0. The lowest BCUT2D eigenvalue weighted by Gasteiger charge is -2.05. The molecule has 0 saturated carbocycles. The number of hydrogen-bond acceptors (Lipinski definition) is 4. The summed E-state index contributed by atoms with van der Waals surface area (Å²) < 4.78 is 10.4. The average molecular weight is 625 g/mol. The smallest absolute Gasteiger partial charge is 0.305 e. The molecule has 0 rings (SSSR count). The van der Waals surface area contributed by atoms with Crippen LogP contribution in [0.3, 0.4) is 0 Å². The molecular formula is C40H80O4. The molecule has 0 N–H and O–H groups in total. The first-order chi connectivity index (χ1) is 21.6. The molecule has 0 aliphatic heterocycles. The van der Waals surface area contributed by atoms with Crippen molar-refractivity contribution in [3.63, 3.8) is 0 Å². The summed E-state index contributed by atoms with van der Waals surface area (Å²) in [6.07, 6.45) is 40.6. The van der Waals surface area contributed by atoms with Gasteiger partial charge in [0.15, 0.2) is 0 Å². The number of rotatable bonds is 34. The lowest BCUT2D eigenvalue weighted by atomic mass is 10.1. The molecule has 0 bridgehead atoms. The van der Waals surface area contributed by atoms with Crippen LogP contribution in [0.2, 0.25) is 0 Å². The summed E-state index contributed by atoms with van der Waals surface area (Å²) in [5, 5.41) is 0. The van der Waals surface area contributed by atoms with Crippen molar-refractivity contribution >= 4 is 11.9 Å². The second-order valence-electron chi connectivity index (χ2n) is 13.1. The molecule has 4 nitrogen and oxygen atoms in total. The molecule has 0 aromatic heterocycles. The molecule has 0 radical (unpaired) electrons. The van der Waals surface area contributed by atoms with Crippen LogP contribution >= 0.6 is 0 Å². The molecule has 0 aliphatic carbocycles. The van der Waals surface area contributed by atoms with Crippen LogP contribution in [-0.2, 0) is 19.1 Å². The van der Waals surface area contributed by atoms with E-state index in [1.807, 2.05) is 6.92 Å². The zero-order valence-corrected chi connectivity index (χ0v) is 30.7. The van der Waals surface area contributed by atoms with Gasteiger partial charge in [0.1, 0.15) is 0 Å². The van der Waals surface area contributed by atoms with Crippen LogP contribution in [-0.4, -0.2) is 25.2 Å². The van der Waals surface area contributed by atoms with E-state index in [-0.39, 0.29) is 11.9 Å². The molecule has 0 heterocycles. The van der Waals surface area contributed by atoms with Gasteiger partial charge in [-0.2, -0.15) is 0 Å². The summed E-state index contributed by atoms with van der Waals surface area (Å²) in [6.45, 7) is 9.87. The molecule has 0 saturated heterocycles. The Labute approximate surface area is 277 Å². The van der Waals surface area contributed by atoms with E-state index in [0.29, 0.717) is 26.1 Å². The van der Waals surface area contributed by atoms with Crippen LogP contribution in [0, 0.1) is 0 Å². The maximum Gasteiger partial charge on any atom is 0.305 e. The standard InChI is InChI=1S/C24H48O2.C16H32O2/c1-3-5-7-9-11-13-14-15-17-19-21-23-26-24(25)22-20-18-16-12-10-8-6-4-2;1-3-5-6-7-8-9-10-11-12-13-14-15-18-16(17)4-2/h3-23H2,1-2H3;3-15H2,1-2H3. The van der Waals surface area contributed by atoms with Gasteiger partial charge in [-0.15, -0.1) is 0 Å². The molecule has 4 heteroatoms. The molecular weight excluding hydrogens is 544 g/mol. The average Bonchev–Trinajstić information content (AvgIpc) is 3.03. The summed E-state index contributed by atoms with van der Waals surface area (Å²) in [6, 6.07) is 0. The van der Waals surface area contributed by atoms with Crippen LogP contribution < -0.4 is 0 Å².